The third kappa shape index (κ3) is 5.05. The van der Waals surface area contributed by atoms with E-state index < -0.39 is 6.04 Å². The SMILES string of the molecule is COc1ccc([C@H]2C(C(=O)Nc3ccccc3C)=C(C)N=c3s/c(=C\c4ccc(OC)c5ccccc45)c(=O)n32)cc1OC. The third-order valence-corrected chi connectivity index (χ3v) is 8.79. The predicted molar refractivity (Wildman–Crippen MR) is 174 cm³/mol. The maximum atomic E-state index is 14.3. The number of fused-ring (bicyclic) bond motifs is 2. The Morgan fingerprint density at radius 1 is 0.864 bits per heavy atom. The molecule has 5 aromatic rings. The minimum atomic E-state index is -0.759. The van der Waals surface area contributed by atoms with E-state index in [1.165, 1.54) is 11.3 Å². The molecule has 44 heavy (non-hydrogen) atoms. The number of methoxy groups -OCH3 is 3. The lowest BCUT2D eigenvalue weighted by atomic mass is 9.94. The summed E-state index contributed by atoms with van der Waals surface area (Å²) in [4.78, 5) is 33.6. The molecule has 1 amide bonds. The first kappa shape index (κ1) is 28.9. The summed E-state index contributed by atoms with van der Waals surface area (Å²) in [6, 6.07) is 24.0. The van der Waals surface area contributed by atoms with Crippen LogP contribution >= 0.6 is 11.3 Å². The Labute approximate surface area is 258 Å². The van der Waals surface area contributed by atoms with Crippen LogP contribution in [0.5, 0.6) is 17.2 Å². The number of hydrogen-bond donors (Lipinski definition) is 1. The Bertz CT molecular complexity index is 2140. The Morgan fingerprint density at radius 3 is 2.27 bits per heavy atom. The first-order valence-electron chi connectivity index (χ1n) is 14.0. The molecule has 0 bridgehead atoms. The van der Waals surface area contributed by atoms with Crippen molar-refractivity contribution in [3.8, 4) is 17.2 Å². The number of thiazole rings is 1. The maximum Gasteiger partial charge on any atom is 0.271 e. The standard InChI is InChI=1S/C35H31N3O5S/c1-20-10-6-9-13-26(20)37-33(39)31-21(2)36-35-38(32(31)23-15-17-28(42-4)29(18-23)43-5)34(40)30(44-35)19-22-14-16-27(41-3)25-12-8-7-11-24(22)25/h6-19,32H,1-5H3,(H,37,39)/b30-19-/t32-/m0/s1. The Hall–Kier alpha value is -5.15. The first-order valence-corrected chi connectivity index (χ1v) is 14.8. The molecule has 0 saturated heterocycles. The molecule has 2 heterocycles. The van der Waals surface area contributed by atoms with E-state index in [1.807, 2.05) is 79.7 Å². The largest absolute Gasteiger partial charge is 0.496 e. The molecule has 1 N–H and O–H groups in total. The van der Waals surface area contributed by atoms with Crippen LogP contribution in [0.25, 0.3) is 16.8 Å². The minimum Gasteiger partial charge on any atom is -0.496 e. The van der Waals surface area contributed by atoms with Crippen molar-refractivity contribution in [2.75, 3.05) is 26.6 Å². The summed E-state index contributed by atoms with van der Waals surface area (Å²) in [5, 5.41) is 4.96. The summed E-state index contributed by atoms with van der Waals surface area (Å²) in [5.41, 5.74) is 3.83. The number of ether oxygens (including phenoxy) is 3. The van der Waals surface area contributed by atoms with E-state index in [2.05, 4.69) is 5.32 Å². The molecule has 222 valence electrons. The highest BCUT2D eigenvalue weighted by Crippen LogP contribution is 2.36. The molecule has 8 nitrogen and oxygen atoms in total. The molecule has 0 spiro atoms. The number of aromatic nitrogens is 1. The topological polar surface area (TPSA) is 91.2 Å². The van der Waals surface area contributed by atoms with Crippen molar-refractivity contribution in [2.45, 2.75) is 19.9 Å². The molecule has 4 aromatic carbocycles. The normalized spacial score (nSPS) is 14.7. The molecule has 0 radical (unpaired) electrons. The number of nitrogens with one attached hydrogen (secondary N) is 1. The van der Waals surface area contributed by atoms with E-state index in [0.717, 1.165) is 27.6 Å². The van der Waals surface area contributed by atoms with Gasteiger partial charge in [-0.15, -0.1) is 0 Å². The van der Waals surface area contributed by atoms with Crippen LogP contribution in [0, 0.1) is 6.92 Å². The molecule has 0 saturated carbocycles. The number of carbonyl (C=O) groups excluding carboxylic acids is 1. The third-order valence-electron chi connectivity index (χ3n) is 7.81. The van der Waals surface area contributed by atoms with E-state index in [9.17, 15) is 9.59 Å². The Balaban J connectivity index is 1.55. The minimum absolute atomic E-state index is 0.248. The van der Waals surface area contributed by atoms with Crippen LogP contribution in [0.3, 0.4) is 0 Å². The van der Waals surface area contributed by atoms with E-state index in [1.54, 1.807) is 45.0 Å². The van der Waals surface area contributed by atoms with Gasteiger partial charge < -0.3 is 19.5 Å². The number of carbonyl (C=O) groups is 1. The van der Waals surface area contributed by atoms with Gasteiger partial charge in [-0.1, -0.05) is 65.9 Å². The van der Waals surface area contributed by atoms with Gasteiger partial charge in [0.1, 0.15) is 5.75 Å². The predicted octanol–water partition coefficient (Wildman–Crippen LogP) is 5.36. The van der Waals surface area contributed by atoms with Gasteiger partial charge >= 0.3 is 0 Å². The van der Waals surface area contributed by atoms with Crippen molar-refractivity contribution in [1.82, 2.24) is 4.57 Å². The highest BCUT2D eigenvalue weighted by atomic mass is 32.1. The van der Waals surface area contributed by atoms with E-state index >= 15 is 0 Å². The van der Waals surface area contributed by atoms with Gasteiger partial charge in [-0.3, -0.25) is 14.2 Å². The summed E-state index contributed by atoms with van der Waals surface area (Å²) in [6.07, 6.45) is 1.88. The van der Waals surface area contributed by atoms with Crippen molar-refractivity contribution in [1.29, 1.82) is 0 Å². The zero-order chi connectivity index (χ0) is 31.0. The van der Waals surface area contributed by atoms with Crippen molar-refractivity contribution in [2.24, 2.45) is 4.99 Å². The number of nitrogens with zero attached hydrogens (tertiary/aromatic N) is 2. The van der Waals surface area contributed by atoms with Crippen LogP contribution in [0.15, 0.2) is 99.9 Å². The number of amides is 1. The van der Waals surface area contributed by atoms with Crippen LogP contribution in [0.1, 0.15) is 29.7 Å². The van der Waals surface area contributed by atoms with Crippen LogP contribution in [-0.4, -0.2) is 31.8 Å². The number of allylic oxidation sites excluding steroid dienone is 1. The zero-order valence-corrected chi connectivity index (χ0v) is 25.8. The molecule has 0 unspecified atom stereocenters. The molecular formula is C35H31N3O5S. The van der Waals surface area contributed by atoms with Gasteiger partial charge in [0.2, 0.25) is 0 Å². The maximum absolute atomic E-state index is 14.3. The molecule has 1 atom stereocenters. The molecule has 1 aliphatic rings. The lowest BCUT2D eigenvalue weighted by Crippen LogP contribution is -2.40. The van der Waals surface area contributed by atoms with Gasteiger partial charge in [0, 0.05) is 11.1 Å². The fraction of sp³-hybridized carbons (Fsp3) is 0.171. The molecule has 6 rings (SSSR count). The van der Waals surface area contributed by atoms with Crippen LogP contribution in [-0.2, 0) is 4.79 Å². The summed E-state index contributed by atoms with van der Waals surface area (Å²) in [7, 11) is 4.76. The van der Waals surface area contributed by atoms with Gasteiger partial charge in [0.05, 0.1) is 43.2 Å². The number of aryl methyl sites for hydroxylation is 1. The van der Waals surface area contributed by atoms with Crippen molar-refractivity contribution in [3.05, 3.63) is 127 Å². The monoisotopic (exact) mass is 605 g/mol. The first-order chi connectivity index (χ1) is 21.3. The highest BCUT2D eigenvalue weighted by Gasteiger charge is 2.33. The number of rotatable bonds is 7. The second-order valence-electron chi connectivity index (χ2n) is 10.4. The second kappa shape index (κ2) is 11.9. The molecular weight excluding hydrogens is 574 g/mol. The fourth-order valence-electron chi connectivity index (χ4n) is 5.59. The average Bonchev–Trinajstić information content (AvgIpc) is 3.34. The van der Waals surface area contributed by atoms with Gasteiger partial charge in [-0.25, -0.2) is 4.99 Å². The van der Waals surface area contributed by atoms with E-state index in [4.69, 9.17) is 19.2 Å². The number of anilines is 1. The quantitative estimate of drug-likeness (QED) is 0.270. The lowest BCUT2D eigenvalue weighted by molar-refractivity contribution is -0.113. The molecule has 0 fully saturated rings. The van der Waals surface area contributed by atoms with Crippen molar-refractivity contribution >= 4 is 39.8 Å². The highest BCUT2D eigenvalue weighted by molar-refractivity contribution is 7.07. The lowest BCUT2D eigenvalue weighted by Gasteiger charge is -2.26. The second-order valence-corrected chi connectivity index (χ2v) is 11.4. The van der Waals surface area contributed by atoms with E-state index in [0.29, 0.717) is 43.4 Å². The zero-order valence-electron chi connectivity index (χ0n) is 25.0. The number of para-hydroxylation sites is 1. The van der Waals surface area contributed by atoms with Crippen LogP contribution in [0.2, 0.25) is 0 Å². The summed E-state index contributed by atoms with van der Waals surface area (Å²) < 4.78 is 18.7. The molecule has 0 aliphatic carbocycles. The fourth-order valence-corrected chi connectivity index (χ4v) is 6.63. The average molecular weight is 606 g/mol. The summed E-state index contributed by atoms with van der Waals surface area (Å²) >= 11 is 1.29. The van der Waals surface area contributed by atoms with Gasteiger partial charge in [0.25, 0.3) is 11.5 Å². The van der Waals surface area contributed by atoms with Crippen LogP contribution in [0.4, 0.5) is 5.69 Å². The van der Waals surface area contributed by atoms with Gasteiger partial charge in [-0.05, 0) is 66.3 Å². The van der Waals surface area contributed by atoms with E-state index in [-0.39, 0.29) is 11.5 Å². The van der Waals surface area contributed by atoms with Crippen molar-refractivity contribution in [3.63, 3.8) is 0 Å². The number of hydrogen-bond acceptors (Lipinski definition) is 7. The van der Waals surface area contributed by atoms with Gasteiger partial charge in [0.15, 0.2) is 16.3 Å². The smallest absolute Gasteiger partial charge is 0.271 e. The van der Waals surface area contributed by atoms with Crippen molar-refractivity contribution < 1.29 is 19.0 Å². The van der Waals surface area contributed by atoms with Gasteiger partial charge in [-0.2, -0.15) is 0 Å². The summed E-state index contributed by atoms with van der Waals surface area (Å²) in [6.45, 7) is 3.73. The Kier molecular flexibility index (Phi) is 7.80. The number of benzene rings is 4. The van der Waals surface area contributed by atoms with Crippen LogP contribution < -0.4 is 34.4 Å². The Morgan fingerprint density at radius 2 is 1.55 bits per heavy atom. The molecule has 1 aromatic heterocycles. The molecule has 1 aliphatic heterocycles. The molecule has 9 heteroatoms. The summed E-state index contributed by atoms with van der Waals surface area (Å²) in [5.74, 6) is 1.45.